The van der Waals surface area contributed by atoms with E-state index < -0.39 is 17.2 Å². The van der Waals surface area contributed by atoms with Crippen molar-refractivity contribution in [2.75, 3.05) is 0 Å². The van der Waals surface area contributed by atoms with Crippen LogP contribution in [0.4, 0.5) is 8.78 Å². The second-order valence-corrected chi connectivity index (χ2v) is 6.62. The van der Waals surface area contributed by atoms with Crippen LogP contribution in [0.25, 0.3) is 33.2 Å². The summed E-state index contributed by atoms with van der Waals surface area (Å²) in [5.74, 6) is -1.46. The van der Waals surface area contributed by atoms with Gasteiger partial charge in [-0.2, -0.15) is 5.10 Å². The van der Waals surface area contributed by atoms with Crippen molar-refractivity contribution in [3.05, 3.63) is 88.6 Å². The Balaban J connectivity index is 1.59. The van der Waals surface area contributed by atoms with Crippen LogP contribution in [0.3, 0.4) is 0 Å². The Bertz CT molecular complexity index is 1420. The first-order chi connectivity index (χ1) is 14.1. The Labute approximate surface area is 162 Å². The van der Waals surface area contributed by atoms with Gasteiger partial charge in [-0.15, -0.1) is 0 Å². The van der Waals surface area contributed by atoms with E-state index >= 15 is 0 Å². The molecule has 0 radical (unpaired) electrons. The standard InChI is InChI=1S/C21H13F2N5O/c22-16-6-14(12-3-4-13-9-26-27-18(13)8-12)7-17(23)15(16)11-28-19-2-1-5-24-21(19)25-10-20(28)29/h1-10H,11H2,(H,26,27). The summed E-state index contributed by atoms with van der Waals surface area (Å²) >= 11 is 0. The molecule has 3 aromatic heterocycles. The van der Waals surface area contributed by atoms with Crippen LogP contribution in [0.1, 0.15) is 5.56 Å². The third-order valence-electron chi connectivity index (χ3n) is 4.85. The summed E-state index contributed by atoms with van der Waals surface area (Å²) < 4.78 is 31.0. The first-order valence-corrected chi connectivity index (χ1v) is 8.82. The lowest BCUT2D eigenvalue weighted by molar-refractivity contribution is 0.545. The van der Waals surface area contributed by atoms with Gasteiger partial charge in [0.15, 0.2) is 5.65 Å². The SMILES string of the molecule is O=c1cnc2ncccc2n1Cc1c(F)cc(-c2ccc3cn[nH]c3c2)cc1F. The summed E-state index contributed by atoms with van der Waals surface area (Å²) in [5, 5.41) is 7.69. The number of rotatable bonds is 3. The number of aromatic nitrogens is 5. The molecule has 142 valence electrons. The molecule has 0 fully saturated rings. The summed E-state index contributed by atoms with van der Waals surface area (Å²) in [6.45, 7) is -0.263. The quantitative estimate of drug-likeness (QED) is 0.511. The number of aromatic amines is 1. The van der Waals surface area contributed by atoms with Gasteiger partial charge in [0.2, 0.25) is 0 Å². The lowest BCUT2D eigenvalue weighted by Crippen LogP contribution is -2.22. The molecule has 8 heteroatoms. The van der Waals surface area contributed by atoms with Gasteiger partial charge in [-0.1, -0.05) is 12.1 Å². The number of H-pyrrole nitrogens is 1. The summed E-state index contributed by atoms with van der Waals surface area (Å²) in [7, 11) is 0. The molecule has 6 nitrogen and oxygen atoms in total. The third kappa shape index (κ3) is 2.94. The maximum atomic E-state index is 14.9. The first kappa shape index (κ1) is 17.2. The summed E-state index contributed by atoms with van der Waals surface area (Å²) in [4.78, 5) is 20.3. The fourth-order valence-corrected chi connectivity index (χ4v) is 3.36. The van der Waals surface area contributed by atoms with Crippen LogP contribution >= 0.6 is 0 Å². The molecular weight excluding hydrogens is 376 g/mol. The normalized spacial score (nSPS) is 11.4. The highest BCUT2D eigenvalue weighted by molar-refractivity contribution is 5.83. The number of nitrogens with one attached hydrogen (secondary N) is 1. The predicted octanol–water partition coefficient (Wildman–Crippen LogP) is 3.66. The van der Waals surface area contributed by atoms with Gasteiger partial charge in [-0.25, -0.2) is 18.7 Å². The highest BCUT2D eigenvalue weighted by Gasteiger charge is 2.15. The van der Waals surface area contributed by atoms with Gasteiger partial charge in [0, 0.05) is 17.1 Å². The van der Waals surface area contributed by atoms with E-state index in [0.29, 0.717) is 22.3 Å². The summed E-state index contributed by atoms with van der Waals surface area (Å²) in [6.07, 6.45) is 4.31. The third-order valence-corrected chi connectivity index (χ3v) is 4.85. The van der Waals surface area contributed by atoms with Crippen molar-refractivity contribution in [2.45, 2.75) is 6.54 Å². The molecule has 0 saturated carbocycles. The smallest absolute Gasteiger partial charge is 0.269 e. The number of benzene rings is 2. The minimum absolute atomic E-state index is 0.199. The number of nitrogens with zero attached hydrogens (tertiary/aromatic N) is 4. The Hall–Kier alpha value is -3.94. The van der Waals surface area contributed by atoms with E-state index in [4.69, 9.17) is 0 Å². The van der Waals surface area contributed by atoms with Crippen LogP contribution < -0.4 is 5.56 Å². The molecule has 0 amide bonds. The zero-order chi connectivity index (χ0) is 20.0. The Morgan fingerprint density at radius 3 is 2.62 bits per heavy atom. The summed E-state index contributed by atoms with van der Waals surface area (Å²) in [5.41, 5.74) is 1.91. The lowest BCUT2D eigenvalue weighted by Gasteiger charge is -2.12. The maximum Gasteiger partial charge on any atom is 0.269 e. The Morgan fingerprint density at radius 2 is 1.79 bits per heavy atom. The van der Waals surface area contributed by atoms with Crippen LogP contribution in [0, 0.1) is 11.6 Å². The van der Waals surface area contributed by atoms with E-state index in [2.05, 4.69) is 20.2 Å². The number of pyridine rings is 1. The second kappa shape index (κ2) is 6.59. The van der Waals surface area contributed by atoms with E-state index in [0.717, 1.165) is 17.1 Å². The first-order valence-electron chi connectivity index (χ1n) is 8.82. The molecule has 0 saturated heterocycles. The fourth-order valence-electron chi connectivity index (χ4n) is 3.36. The van der Waals surface area contributed by atoms with E-state index in [-0.39, 0.29) is 12.1 Å². The molecule has 0 aliphatic rings. The van der Waals surface area contributed by atoms with Crippen molar-refractivity contribution < 1.29 is 8.78 Å². The molecule has 0 unspecified atom stereocenters. The van der Waals surface area contributed by atoms with Crippen LogP contribution in [-0.2, 0) is 6.54 Å². The van der Waals surface area contributed by atoms with Crippen molar-refractivity contribution in [2.24, 2.45) is 0 Å². The van der Waals surface area contributed by atoms with Crippen LogP contribution in [-0.4, -0.2) is 24.7 Å². The van der Waals surface area contributed by atoms with Crippen molar-refractivity contribution in [3.63, 3.8) is 0 Å². The fraction of sp³-hybridized carbons (Fsp3) is 0.0476. The molecule has 0 bridgehead atoms. The zero-order valence-electron chi connectivity index (χ0n) is 14.9. The van der Waals surface area contributed by atoms with Gasteiger partial charge < -0.3 is 0 Å². The largest absolute Gasteiger partial charge is 0.299 e. The second-order valence-electron chi connectivity index (χ2n) is 6.62. The molecule has 5 aromatic rings. The topological polar surface area (TPSA) is 76.5 Å². The average molecular weight is 389 g/mol. The highest BCUT2D eigenvalue weighted by Crippen LogP contribution is 2.27. The van der Waals surface area contributed by atoms with Crippen LogP contribution in [0.5, 0.6) is 0 Å². The minimum Gasteiger partial charge on any atom is -0.299 e. The van der Waals surface area contributed by atoms with Gasteiger partial charge in [0.25, 0.3) is 5.56 Å². The zero-order valence-corrected chi connectivity index (χ0v) is 14.9. The average Bonchev–Trinajstić information content (AvgIpc) is 3.19. The predicted molar refractivity (Wildman–Crippen MR) is 104 cm³/mol. The van der Waals surface area contributed by atoms with E-state index in [1.54, 1.807) is 30.5 Å². The molecule has 0 aliphatic carbocycles. The summed E-state index contributed by atoms with van der Waals surface area (Å²) in [6, 6.07) is 11.2. The van der Waals surface area contributed by atoms with E-state index in [9.17, 15) is 13.6 Å². The molecule has 5 rings (SSSR count). The molecule has 29 heavy (non-hydrogen) atoms. The molecule has 0 aliphatic heterocycles. The molecule has 0 atom stereocenters. The minimum atomic E-state index is -0.731. The molecule has 0 spiro atoms. The number of fused-ring (bicyclic) bond motifs is 2. The van der Waals surface area contributed by atoms with Crippen molar-refractivity contribution in [1.82, 2.24) is 24.7 Å². The molecular formula is C21H13F2N5O. The van der Waals surface area contributed by atoms with Crippen molar-refractivity contribution >= 4 is 22.1 Å². The van der Waals surface area contributed by atoms with Crippen LogP contribution in [0.2, 0.25) is 0 Å². The van der Waals surface area contributed by atoms with Crippen molar-refractivity contribution in [3.8, 4) is 11.1 Å². The Morgan fingerprint density at radius 1 is 0.966 bits per heavy atom. The van der Waals surface area contributed by atoms with Gasteiger partial charge in [-0.3, -0.25) is 14.5 Å². The number of hydrogen-bond donors (Lipinski definition) is 1. The molecule has 2 aromatic carbocycles. The highest BCUT2D eigenvalue weighted by atomic mass is 19.1. The maximum absolute atomic E-state index is 14.9. The number of hydrogen-bond acceptors (Lipinski definition) is 4. The van der Waals surface area contributed by atoms with E-state index in [1.807, 2.05) is 6.07 Å². The van der Waals surface area contributed by atoms with Crippen LogP contribution in [0.15, 0.2) is 65.8 Å². The Kier molecular flexibility index (Phi) is 3.90. The molecule has 1 N–H and O–H groups in total. The molecule has 3 heterocycles. The van der Waals surface area contributed by atoms with Gasteiger partial charge in [0.1, 0.15) is 11.6 Å². The monoisotopic (exact) mass is 389 g/mol. The van der Waals surface area contributed by atoms with Gasteiger partial charge in [-0.05, 0) is 41.5 Å². The van der Waals surface area contributed by atoms with Gasteiger partial charge >= 0.3 is 0 Å². The van der Waals surface area contributed by atoms with Crippen molar-refractivity contribution in [1.29, 1.82) is 0 Å². The number of halogens is 2. The van der Waals surface area contributed by atoms with E-state index in [1.165, 1.54) is 22.9 Å². The van der Waals surface area contributed by atoms with Gasteiger partial charge in [0.05, 0.1) is 30.0 Å². The lowest BCUT2D eigenvalue weighted by atomic mass is 10.0.